The molecule has 1 aliphatic rings. The summed E-state index contributed by atoms with van der Waals surface area (Å²) in [7, 11) is 2.16. The van der Waals surface area contributed by atoms with Gasteiger partial charge < -0.3 is 15.1 Å². The minimum atomic E-state index is 0.0293. The third-order valence-electron chi connectivity index (χ3n) is 4.92. The van der Waals surface area contributed by atoms with E-state index in [0.29, 0.717) is 12.8 Å². The molecular formula is C21H24N4OS. The zero-order valence-corrected chi connectivity index (χ0v) is 16.3. The van der Waals surface area contributed by atoms with E-state index in [4.69, 9.17) is 0 Å². The van der Waals surface area contributed by atoms with Crippen LogP contribution < -0.4 is 10.2 Å². The molecule has 1 aliphatic heterocycles. The summed E-state index contributed by atoms with van der Waals surface area (Å²) in [4.78, 5) is 21.6. The molecule has 0 saturated carbocycles. The minimum Gasteiger partial charge on any atom is -0.369 e. The van der Waals surface area contributed by atoms with Gasteiger partial charge in [-0.05, 0) is 43.4 Å². The van der Waals surface area contributed by atoms with Crippen molar-refractivity contribution < 1.29 is 4.79 Å². The number of likely N-dealkylation sites (N-methyl/N-ethyl adjacent to an activating group) is 1. The number of aryl methyl sites for hydroxylation is 1. The number of carbonyl (C=O) groups excluding carboxylic acids is 1. The van der Waals surface area contributed by atoms with Crippen LogP contribution in [0.25, 0.3) is 10.2 Å². The molecule has 1 saturated heterocycles. The summed E-state index contributed by atoms with van der Waals surface area (Å²) in [6.07, 6.45) is 1.12. The summed E-state index contributed by atoms with van der Waals surface area (Å²) in [5, 5.41) is 4.01. The topological polar surface area (TPSA) is 48.5 Å². The number of aromatic nitrogens is 1. The number of para-hydroxylation sites is 1. The molecule has 2 heterocycles. The summed E-state index contributed by atoms with van der Waals surface area (Å²) in [5.74, 6) is 0.0293. The number of hydrogen-bond acceptors (Lipinski definition) is 5. The fourth-order valence-electron chi connectivity index (χ4n) is 3.29. The highest BCUT2D eigenvalue weighted by atomic mass is 32.1. The number of carbonyl (C=O) groups is 1. The lowest BCUT2D eigenvalue weighted by Gasteiger charge is -2.34. The van der Waals surface area contributed by atoms with Crippen molar-refractivity contribution in [3.63, 3.8) is 0 Å². The van der Waals surface area contributed by atoms with Gasteiger partial charge in [0.15, 0.2) is 0 Å². The van der Waals surface area contributed by atoms with Crippen molar-refractivity contribution in [2.45, 2.75) is 12.8 Å². The molecule has 0 unspecified atom stereocenters. The van der Waals surface area contributed by atoms with Crippen LogP contribution in [0.4, 0.5) is 11.4 Å². The van der Waals surface area contributed by atoms with Crippen molar-refractivity contribution in [1.82, 2.24) is 9.88 Å². The normalized spacial score (nSPS) is 15.2. The van der Waals surface area contributed by atoms with Gasteiger partial charge in [0.1, 0.15) is 0 Å². The maximum atomic E-state index is 12.3. The lowest BCUT2D eigenvalue weighted by molar-refractivity contribution is -0.116. The zero-order chi connectivity index (χ0) is 18.6. The number of nitrogens with one attached hydrogen (secondary N) is 1. The fraction of sp³-hybridized carbons (Fsp3) is 0.333. The Labute approximate surface area is 163 Å². The average Bonchev–Trinajstić information content (AvgIpc) is 3.11. The number of anilines is 2. The molecular weight excluding hydrogens is 356 g/mol. The number of rotatable bonds is 5. The number of thiazole rings is 1. The maximum Gasteiger partial charge on any atom is 0.224 e. The van der Waals surface area contributed by atoms with Gasteiger partial charge in [0.2, 0.25) is 5.91 Å². The minimum absolute atomic E-state index is 0.0293. The zero-order valence-electron chi connectivity index (χ0n) is 15.5. The highest BCUT2D eigenvalue weighted by Crippen LogP contribution is 2.23. The van der Waals surface area contributed by atoms with E-state index < -0.39 is 0 Å². The maximum absolute atomic E-state index is 12.3. The Balaban J connectivity index is 1.30. The third kappa shape index (κ3) is 4.46. The molecule has 0 atom stereocenters. The van der Waals surface area contributed by atoms with Gasteiger partial charge in [-0.2, -0.15) is 0 Å². The van der Waals surface area contributed by atoms with Crippen LogP contribution in [0.2, 0.25) is 0 Å². The fourth-order valence-corrected chi connectivity index (χ4v) is 4.26. The van der Waals surface area contributed by atoms with Gasteiger partial charge in [-0.15, -0.1) is 11.3 Å². The summed E-state index contributed by atoms with van der Waals surface area (Å²) in [5.41, 5.74) is 3.08. The summed E-state index contributed by atoms with van der Waals surface area (Å²) < 4.78 is 1.17. The van der Waals surface area contributed by atoms with E-state index in [1.807, 2.05) is 30.3 Å². The second kappa shape index (κ2) is 8.06. The van der Waals surface area contributed by atoms with Crippen molar-refractivity contribution in [2.24, 2.45) is 0 Å². The van der Waals surface area contributed by atoms with Crippen LogP contribution in [-0.2, 0) is 11.2 Å². The van der Waals surface area contributed by atoms with Crippen molar-refractivity contribution in [1.29, 1.82) is 0 Å². The summed E-state index contributed by atoms with van der Waals surface area (Å²) in [6, 6.07) is 16.2. The van der Waals surface area contributed by atoms with E-state index in [1.54, 1.807) is 11.3 Å². The first-order chi connectivity index (χ1) is 13.2. The predicted octanol–water partition coefficient (Wildman–Crippen LogP) is 3.62. The number of nitrogens with zero attached hydrogens (tertiary/aromatic N) is 3. The molecule has 6 heteroatoms. The van der Waals surface area contributed by atoms with Crippen LogP contribution >= 0.6 is 11.3 Å². The van der Waals surface area contributed by atoms with Gasteiger partial charge in [-0.1, -0.05) is 12.1 Å². The van der Waals surface area contributed by atoms with Gasteiger partial charge >= 0.3 is 0 Å². The predicted molar refractivity (Wildman–Crippen MR) is 113 cm³/mol. The molecule has 3 aromatic rings. The Bertz CT molecular complexity index is 880. The van der Waals surface area contributed by atoms with Gasteiger partial charge in [0.25, 0.3) is 0 Å². The van der Waals surface area contributed by atoms with Crippen molar-refractivity contribution in [3.05, 3.63) is 53.5 Å². The Morgan fingerprint density at radius 2 is 1.81 bits per heavy atom. The molecule has 0 aliphatic carbocycles. The number of hydrogen-bond donors (Lipinski definition) is 1. The van der Waals surface area contributed by atoms with E-state index in [0.717, 1.165) is 42.4 Å². The van der Waals surface area contributed by atoms with E-state index >= 15 is 0 Å². The Morgan fingerprint density at radius 1 is 1.07 bits per heavy atom. The van der Waals surface area contributed by atoms with Gasteiger partial charge in [0, 0.05) is 50.4 Å². The number of benzene rings is 2. The van der Waals surface area contributed by atoms with Gasteiger partial charge in [-0.3, -0.25) is 4.79 Å². The lowest BCUT2D eigenvalue weighted by Crippen LogP contribution is -2.44. The van der Waals surface area contributed by atoms with Gasteiger partial charge in [-0.25, -0.2) is 4.98 Å². The molecule has 1 amide bonds. The molecule has 5 nitrogen and oxygen atoms in total. The first kappa shape index (κ1) is 17.9. The molecule has 0 spiro atoms. The van der Waals surface area contributed by atoms with Crippen molar-refractivity contribution >= 4 is 38.8 Å². The monoisotopic (exact) mass is 380 g/mol. The third-order valence-corrected chi connectivity index (χ3v) is 6.02. The Kier molecular flexibility index (Phi) is 5.36. The molecule has 0 radical (unpaired) electrons. The molecule has 1 fully saturated rings. The number of piperazine rings is 1. The highest BCUT2D eigenvalue weighted by molar-refractivity contribution is 7.18. The van der Waals surface area contributed by atoms with Crippen LogP contribution in [0.5, 0.6) is 0 Å². The van der Waals surface area contributed by atoms with E-state index in [9.17, 15) is 4.79 Å². The van der Waals surface area contributed by atoms with E-state index in [1.165, 1.54) is 10.4 Å². The molecule has 2 aromatic carbocycles. The second-order valence-electron chi connectivity index (χ2n) is 6.96. The standard InChI is InChI=1S/C21H24N4OS/c1-24-12-14-25(15-13-24)17-8-6-16(7-9-17)22-20(26)10-11-21-23-18-4-2-3-5-19(18)27-21/h2-9H,10-15H2,1H3,(H,22,26). The van der Waals surface area contributed by atoms with Crippen molar-refractivity contribution in [2.75, 3.05) is 43.4 Å². The molecule has 0 bridgehead atoms. The first-order valence-corrected chi connectivity index (χ1v) is 10.2. The number of amides is 1. The molecule has 4 rings (SSSR count). The first-order valence-electron chi connectivity index (χ1n) is 9.35. The molecule has 140 valence electrons. The largest absolute Gasteiger partial charge is 0.369 e. The van der Waals surface area contributed by atoms with Crippen LogP contribution in [0, 0.1) is 0 Å². The van der Waals surface area contributed by atoms with Crippen LogP contribution in [0.1, 0.15) is 11.4 Å². The Hall–Kier alpha value is -2.44. The molecule has 27 heavy (non-hydrogen) atoms. The number of fused-ring (bicyclic) bond motifs is 1. The quantitative estimate of drug-likeness (QED) is 0.734. The van der Waals surface area contributed by atoms with Crippen molar-refractivity contribution in [3.8, 4) is 0 Å². The second-order valence-corrected chi connectivity index (χ2v) is 8.08. The van der Waals surface area contributed by atoms with Crippen LogP contribution in [0.15, 0.2) is 48.5 Å². The van der Waals surface area contributed by atoms with Gasteiger partial charge in [0.05, 0.1) is 15.2 Å². The molecule has 1 aromatic heterocycles. The average molecular weight is 381 g/mol. The lowest BCUT2D eigenvalue weighted by atomic mass is 10.2. The van der Waals surface area contributed by atoms with Crippen LogP contribution in [-0.4, -0.2) is 49.0 Å². The molecule has 1 N–H and O–H groups in total. The Morgan fingerprint density at radius 3 is 2.56 bits per heavy atom. The van der Waals surface area contributed by atoms with E-state index in [-0.39, 0.29) is 5.91 Å². The summed E-state index contributed by atoms with van der Waals surface area (Å²) >= 11 is 1.66. The van der Waals surface area contributed by atoms with Crippen LogP contribution in [0.3, 0.4) is 0 Å². The van der Waals surface area contributed by atoms with E-state index in [2.05, 4.69) is 45.3 Å². The SMILES string of the molecule is CN1CCN(c2ccc(NC(=O)CCc3nc4ccccc4s3)cc2)CC1. The smallest absolute Gasteiger partial charge is 0.224 e. The summed E-state index contributed by atoms with van der Waals surface area (Å²) in [6.45, 7) is 4.27. The highest BCUT2D eigenvalue weighted by Gasteiger charge is 2.14.